The molecule has 1 rings (SSSR count). The van der Waals surface area contributed by atoms with Crippen molar-refractivity contribution in [3.8, 4) is 0 Å². The van der Waals surface area contributed by atoms with Crippen LogP contribution in [0.25, 0.3) is 0 Å². The fourth-order valence-corrected chi connectivity index (χ4v) is 1.71. The van der Waals surface area contributed by atoms with Crippen molar-refractivity contribution in [1.82, 2.24) is 0 Å². The van der Waals surface area contributed by atoms with Gasteiger partial charge in [-0.1, -0.05) is 0 Å². The molecule has 5 heteroatoms. The summed E-state index contributed by atoms with van der Waals surface area (Å²) < 4.78 is 0. The molecular weight excluding hydrogens is 244 g/mol. The Hall–Kier alpha value is -2.04. The fourth-order valence-electron chi connectivity index (χ4n) is 1.71. The maximum atomic E-state index is 11.6. The Balaban J connectivity index is 2.72. The standard InChI is InChI=1S/C14H20N2O3/c1-4-16(5-2)12-8-6-11(7-9-12)15-13(17)10(3)14(18)19/h6-10H,4-5H2,1-3H3,(H,15,17)(H,18,19). The van der Waals surface area contributed by atoms with E-state index in [2.05, 4.69) is 24.1 Å². The highest BCUT2D eigenvalue weighted by Crippen LogP contribution is 2.18. The van der Waals surface area contributed by atoms with Crippen LogP contribution < -0.4 is 10.2 Å². The van der Waals surface area contributed by atoms with Gasteiger partial charge in [-0.25, -0.2) is 0 Å². The molecule has 104 valence electrons. The summed E-state index contributed by atoms with van der Waals surface area (Å²) in [5.41, 5.74) is 1.68. The van der Waals surface area contributed by atoms with Gasteiger partial charge in [0.15, 0.2) is 0 Å². The van der Waals surface area contributed by atoms with Gasteiger partial charge in [0, 0.05) is 24.5 Å². The summed E-state index contributed by atoms with van der Waals surface area (Å²) in [6.07, 6.45) is 0. The average molecular weight is 264 g/mol. The number of carbonyl (C=O) groups excluding carboxylic acids is 1. The highest BCUT2D eigenvalue weighted by Gasteiger charge is 2.20. The minimum absolute atomic E-state index is 0.511. The quantitative estimate of drug-likeness (QED) is 0.773. The van der Waals surface area contributed by atoms with Crippen LogP contribution in [-0.2, 0) is 9.59 Å². The Morgan fingerprint density at radius 1 is 1.21 bits per heavy atom. The topological polar surface area (TPSA) is 69.6 Å². The van der Waals surface area contributed by atoms with Gasteiger partial charge in [0.05, 0.1) is 0 Å². The zero-order valence-electron chi connectivity index (χ0n) is 11.5. The van der Waals surface area contributed by atoms with Crippen molar-refractivity contribution in [2.24, 2.45) is 5.92 Å². The summed E-state index contributed by atoms with van der Waals surface area (Å²) in [6, 6.07) is 7.38. The number of carbonyl (C=O) groups is 2. The van der Waals surface area contributed by atoms with Crippen LogP contribution in [0.5, 0.6) is 0 Å². The van der Waals surface area contributed by atoms with Crippen LogP contribution in [0.4, 0.5) is 11.4 Å². The minimum Gasteiger partial charge on any atom is -0.481 e. The van der Waals surface area contributed by atoms with Gasteiger partial charge in [0.2, 0.25) is 5.91 Å². The summed E-state index contributed by atoms with van der Waals surface area (Å²) >= 11 is 0. The predicted molar refractivity (Wildman–Crippen MR) is 75.4 cm³/mol. The summed E-state index contributed by atoms with van der Waals surface area (Å²) in [5.74, 6) is -2.69. The van der Waals surface area contributed by atoms with Gasteiger partial charge in [0.1, 0.15) is 5.92 Å². The second-order valence-electron chi connectivity index (χ2n) is 4.27. The van der Waals surface area contributed by atoms with Crippen LogP contribution in [0.15, 0.2) is 24.3 Å². The molecule has 1 aromatic rings. The van der Waals surface area contributed by atoms with E-state index in [9.17, 15) is 9.59 Å². The normalized spacial score (nSPS) is 11.7. The Morgan fingerprint density at radius 3 is 2.16 bits per heavy atom. The van der Waals surface area contributed by atoms with E-state index in [1.165, 1.54) is 6.92 Å². The first-order chi connectivity index (χ1) is 8.99. The monoisotopic (exact) mass is 264 g/mol. The van der Waals surface area contributed by atoms with Crippen molar-refractivity contribution in [3.63, 3.8) is 0 Å². The maximum absolute atomic E-state index is 11.6. The van der Waals surface area contributed by atoms with Crippen LogP contribution in [-0.4, -0.2) is 30.1 Å². The number of rotatable bonds is 6. The first-order valence-electron chi connectivity index (χ1n) is 6.38. The second kappa shape index (κ2) is 6.78. The number of anilines is 2. The Kier molecular flexibility index (Phi) is 5.36. The van der Waals surface area contributed by atoms with Crippen LogP contribution in [0.1, 0.15) is 20.8 Å². The van der Waals surface area contributed by atoms with E-state index in [0.717, 1.165) is 18.8 Å². The molecule has 0 aliphatic heterocycles. The van der Waals surface area contributed by atoms with Crippen LogP contribution in [0.3, 0.4) is 0 Å². The average Bonchev–Trinajstić information content (AvgIpc) is 2.41. The number of nitrogens with one attached hydrogen (secondary N) is 1. The number of aliphatic carboxylic acids is 1. The lowest BCUT2D eigenvalue weighted by Crippen LogP contribution is -2.27. The molecule has 1 unspecified atom stereocenters. The summed E-state index contributed by atoms with van der Waals surface area (Å²) in [5, 5.41) is 11.3. The predicted octanol–water partition coefficient (Wildman–Crippen LogP) is 2.19. The molecular formula is C14H20N2O3. The van der Waals surface area contributed by atoms with Gasteiger partial charge in [0.25, 0.3) is 0 Å². The van der Waals surface area contributed by atoms with E-state index < -0.39 is 17.8 Å². The van der Waals surface area contributed by atoms with Gasteiger partial charge < -0.3 is 15.3 Å². The van der Waals surface area contributed by atoms with Crippen LogP contribution >= 0.6 is 0 Å². The number of nitrogens with zero attached hydrogens (tertiary/aromatic N) is 1. The molecule has 0 saturated heterocycles. The molecule has 2 N–H and O–H groups in total. The third-order valence-electron chi connectivity index (χ3n) is 3.03. The van der Waals surface area contributed by atoms with E-state index in [-0.39, 0.29) is 0 Å². The third kappa shape index (κ3) is 3.98. The van der Waals surface area contributed by atoms with Crippen molar-refractivity contribution < 1.29 is 14.7 Å². The number of carboxylic acid groups (broad SMARTS) is 1. The largest absolute Gasteiger partial charge is 0.481 e. The molecule has 19 heavy (non-hydrogen) atoms. The van der Waals surface area contributed by atoms with Crippen molar-refractivity contribution in [1.29, 1.82) is 0 Å². The van der Waals surface area contributed by atoms with Gasteiger partial charge >= 0.3 is 5.97 Å². The van der Waals surface area contributed by atoms with Crippen LogP contribution in [0.2, 0.25) is 0 Å². The number of hydrogen-bond donors (Lipinski definition) is 2. The van der Waals surface area contributed by atoms with Crippen molar-refractivity contribution in [2.45, 2.75) is 20.8 Å². The fraction of sp³-hybridized carbons (Fsp3) is 0.429. The molecule has 0 radical (unpaired) electrons. The minimum atomic E-state index is -1.13. The number of amides is 1. The summed E-state index contributed by atoms with van der Waals surface area (Å²) in [7, 11) is 0. The first-order valence-corrected chi connectivity index (χ1v) is 6.38. The Labute approximate surface area is 113 Å². The molecule has 1 amide bonds. The number of hydrogen-bond acceptors (Lipinski definition) is 3. The van der Waals surface area contributed by atoms with Crippen molar-refractivity contribution in [2.75, 3.05) is 23.3 Å². The lowest BCUT2D eigenvalue weighted by atomic mass is 10.1. The van der Waals surface area contributed by atoms with E-state index in [1.807, 2.05) is 12.1 Å². The smallest absolute Gasteiger partial charge is 0.315 e. The first kappa shape index (κ1) is 15.0. The molecule has 1 atom stereocenters. The van der Waals surface area contributed by atoms with E-state index >= 15 is 0 Å². The van der Waals surface area contributed by atoms with Crippen LogP contribution in [0, 0.1) is 5.92 Å². The van der Waals surface area contributed by atoms with Crippen molar-refractivity contribution in [3.05, 3.63) is 24.3 Å². The van der Waals surface area contributed by atoms with Gasteiger partial charge in [-0.2, -0.15) is 0 Å². The lowest BCUT2D eigenvalue weighted by Gasteiger charge is -2.21. The third-order valence-corrected chi connectivity index (χ3v) is 3.03. The molecule has 0 aliphatic carbocycles. The van der Waals surface area contributed by atoms with E-state index in [1.54, 1.807) is 12.1 Å². The highest BCUT2D eigenvalue weighted by molar-refractivity contribution is 6.03. The van der Waals surface area contributed by atoms with E-state index in [0.29, 0.717) is 5.69 Å². The van der Waals surface area contributed by atoms with Gasteiger partial charge in [-0.15, -0.1) is 0 Å². The molecule has 0 heterocycles. The maximum Gasteiger partial charge on any atom is 0.315 e. The Bertz CT molecular complexity index is 439. The molecule has 1 aromatic carbocycles. The van der Waals surface area contributed by atoms with Crippen molar-refractivity contribution >= 4 is 23.3 Å². The molecule has 5 nitrogen and oxygen atoms in total. The molecule has 0 saturated carbocycles. The summed E-state index contributed by atoms with van der Waals surface area (Å²) in [4.78, 5) is 24.5. The zero-order chi connectivity index (χ0) is 14.4. The summed E-state index contributed by atoms with van der Waals surface area (Å²) in [6.45, 7) is 7.35. The molecule has 0 aliphatic rings. The second-order valence-corrected chi connectivity index (χ2v) is 4.27. The SMILES string of the molecule is CCN(CC)c1ccc(NC(=O)C(C)C(=O)O)cc1. The molecule has 0 spiro atoms. The van der Waals surface area contributed by atoms with E-state index in [4.69, 9.17) is 5.11 Å². The number of carboxylic acids is 1. The highest BCUT2D eigenvalue weighted by atomic mass is 16.4. The van der Waals surface area contributed by atoms with Gasteiger partial charge in [-0.3, -0.25) is 9.59 Å². The zero-order valence-corrected chi connectivity index (χ0v) is 11.5. The number of benzene rings is 1. The molecule has 0 bridgehead atoms. The molecule has 0 fully saturated rings. The Morgan fingerprint density at radius 2 is 1.74 bits per heavy atom. The molecule has 0 aromatic heterocycles. The lowest BCUT2D eigenvalue weighted by molar-refractivity contribution is -0.144. The van der Waals surface area contributed by atoms with Gasteiger partial charge in [-0.05, 0) is 45.0 Å².